The number of benzene rings is 3. The van der Waals surface area contributed by atoms with E-state index in [1.165, 1.54) is 12.1 Å². The molecule has 158 valence electrons. The third kappa shape index (κ3) is 6.82. The molecule has 0 heterocycles. The first-order valence-corrected chi connectivity index (χ1v) is 10.0. The highest BCUT2D eigenvalue weighted by Gasteiger charge is 2.07. The number of hydrogen-bond acceptors (Lipinski definition) is 3. The Morgan fingerprint density at radius 3 is 1.77 bits per heavy atom. The van der Waals surface area contributed by atoms with Crippen LogP contribution in [0.25, 0.3) is 0 Å². The summed E-state index contributed by atoms with van der Waals surface area (Å²) >= 11 is 0. The van der Waals surface area contributed by atoms with Crippen LogP contribution in [-0.4, -0.2) is 22.9 Å². The molecule has 0 aliphatic heterocycles. The van der Waals surface area contributed by atoms with Crippen molar-refractivity contribution in [3.05, 3.63) is 107 Å². The molecule has 0 atom stereocenters. The Labute approximate surface area is 180 Å². The number of aromatic carboxylic acids is 1. The van der Waals surface area contributed by atoms with E-state index in [1.807, 2.05) is 42.5 Å². The van der Waals surface area contributed by atoms with Gasteiger partial charge in [0.15, 0.2) is 0 Å². The summed E-state index contributed by atoms with van der Waals surface area (Å²) < 4.78 is 0. The summed E-state index contributed by atoms with van der Waals surface area (Å²) in [6.07, 6.45) is 1.13. The van der Waals surface area contributed by atoms with E-state index in [0.717, 1.165) is 16.7 Å². The lowest BCUT2D eigenvalue weighted by Crippen LogP contribution is -2.24. The van der Waals surface area contributed by atoms with Crippen LogP contribution in [0.1, 0.15) is 43.8 Å². The normalized spacial score (nSPS) is 10.3. The van der Waals surface area contributed by atoms with Gasteiger partial charge in [0.25, 0.3) is 5.91 Å². The maximum atomic E-state index is 12.3. The van der Waals surface area contributed by atoms with Gasteiger partial charge in [0, 0.05) is 25.1 Å². The molecule has 6 heteroatoms. The second-order valence-electron chi connectivity index (χ2n) is 7.14. The molecule has 6 nitrogen and oxygen atoms in total. The zero-order chi connectivity index (χ0) is 22.1. The Kier molecular flexibility index (Phi) is 7.54. The van der Waals surface area contributed by atoms with Crippen LogP contribution in [-0.2, 0) is 24.3 Å². The minimum absolute atomic E-state index is 0.0143. The standard InChI is InChI=1S/C25H24N2O4/c28-23(15-10-18-4-2-1-3-5-18)26-16-19-6-11-21(12-7-19)24(29)27-17-20-8-13-22(14-9-20)25(30)31/h1-9,11-14H,10,15-17H2,(H,26,28)(H,27,29)(H,30,31). The molecule has 3 aromatic rings. The first-order valence-electron chi connectivity index (χ1n) is 10.0. The van der Waals surface area contributed by atoms with Crippen LogP contribution in [0.2, 0.25) is 0 Å². The maximum absolute atomic E-state index is 12.3. The molecule has 0 radical (unpaired) electrons. The van der Waals surface area contributed by atoms with Crippen molar-refractivity contribution in [3.8, 4) is 0 Å². The summed E-state index contributed by atoms with van der Waals surface area (Å²) in [6.45, 7) is 0.712. The maximum Gasteiger partial charge on any atom is 0.335 e. The van der Waals surface area contributed by atoms with Crippen LogP contribution >= 0.6 is 0 Å². The number of carbonyl (C=O) groups is 3. The smallest absolute Gasteiger partial charge is 0.335 e. The summed E-state index contributed by atoms with van der Waals surface area (Å²) in [4.78, 5) is 35.2. The summed E-state index contributed by atoms with van der Waals surface area (Å²) in [5.41, 5.74) is 3.58. The van der Waals surface area contributed by atoms with E-state index in [0.29, 0.717) is 31.5 Å². The monoisotopic (exact) mass is 416 g/mol. The lowest BCUT2D eigenvalue weighted by atomic mass is 10.1. The van der Waals surface area contributed by atoms with Crippen molar-refractivity contribution >= 4 is 17.8 Å². The molecule has 0 aromatic heterocycles. The molecule has 0 saturated carbocycles. The number of rotatable bonds is 9. The van der Waals surface area contributed by atoms with Crippen molar-refractivity contribution in [3.63, 3.8) is 0 Å². The first-order chi connectivity index (χ1) is 15.0. The minimum Gasteiger partial charge on any atom is -0.478 e. The topological polar surface area (TPSA) is 95.5 Å². The highest BCUT2D eigenvalue weighted by atomic mass is 16.4. The summed E-state index contributed by atoms with van der Waals surface area (Å²) in [7, 11) is 0. The third-order valence-corrected chi connectivity index (χ3v) is 4.84. The molecule has 3 aromatic carbocycles. The van der Waals surface area contributed by atoms with Crippen LogP contribution in [0.15, 0.2) is 78.9 Å². The van der Waals surface area contributed by atoms with Gasteiger partial charge in [0.05, 0.1) is 5.56 Å². The van der Waals surface area contributed by atoms with E-state index >= 15 is 0 Å². The number of amides is 2. The van der Waals surface area contributed by atoms with Crippen molar-refractivity contribution < 1.29 is 19.5 Å². The quantitative estimate of drug-likeness (QED) is 0.497. The van der Waals surface area contributed by atoms with Crippen molar-refractivity contribution in [1.82, 2.24) is 10.6 Å². The summed E-state index contributed by atoms with van der Waals surface area (Å²) in [5.74, 6) is -1.22. The zero-order valence-corrected chi connectivity index (χ0v) is 17.0. The van der Waals surface area contributed by atoms with Gasteiger partial charge in [-0.3, -0.25) is 9.59 Å². The second-order valence-corrected chi connectivity index (χ2v) is 7.14. The SMILES string of the molecule is O=C(CCc1ccccc1)NCc1ccc(C(=O)NCc2ccc(C(=O)O)cc2)cc1. The molecule has 0 spiro atoms. The molecule has 0 fully saturated rings. The lowest BCUT2D eigenvalue weighted by Gasteiger charge is -2.08. The van der Waals surface area contributed by atoms with Crippen molar-refractivity contribution in [2.75, 3.05) is 0 Å². The number of nitrogens with one attached hydrogen (secondary N) is 2. The molecule has 0 saturated heterocycles. The van der Waals surface area contributed by atoms with E-state index in [-0.39, 0.29) is 17.4 Å². The minimum atomic E-state index is -0.983. The third-order valence-electron chi connectivity index (χ3n) is 4.84. The summed E-state index contributed by atoms with van der Waals surface area (Å²) in [5, 5.41) is 14.6. The number of carboxylic acid groups (broad SMARTS) is 1. The molecular weight excluding hydrogens is 392 g/mol. The van der Waals surface area contributed by atoms with Gasteiger partial charge >= 0.3 is 5.97 Å². The fraction of sp³-hybridized carbons (Fsp3) is 0.160. The average Bonchev–Trinajstić information content (AvgIpc) is 2.81. The van der Waals surface area contributed by atoms with Crippen LogP contribution in [0.4, 0.5) is 0 Å². The van der Waals surface area contributed by atoms with E-state index in [9.17, 15) is 14.4 Å². The number of hydrogen-bond donors (Lipinski definition) is 3. The van der Waals surface area contributed by atoms with E-state index in [4.69, 9.17) is 5.11 Å². The van der Waals surface area contributed by atoms with Gasteiger partial charge in [-0.05, 0) is 47.4 Å². The van der Waals surface area contributed by atoms with Crippen LogP contribution in [0.5, 0.6) is 0 Å². The van der Waals surface area contributed by atoms with Gasteiger partial charge < -0.3 is 15.7 Å². The molecule has 0 bridgehead atoms. The molecule has 2 amide bonds. The Morgan fingerprint density at radius 1 is 0.645 bits per heavy atom. The van der Waals surface area contributed by atoms with Gasteiger partial charge in [-0.2, -0.15) is 0 Å². The Hall–Kier alpha value is -3.93. The lowest BCUT2D eigenvalue weighted by molar-refractivity contribution is -0.121. The largest absolute Gasteiger partial charge is 0.478 e. The molecule has 0 unspecified atom stereocenters. The van der Waals surface area contributed by atoms with Crippen molar-refractivity contribution in [2.24, 2.45) is 0 Å². The van der Waals surface area contributed by atoms with E-state index < -0.39 is 5.97 Å². The van der Waals surface area contributed by atoms with Crippen LogP contribution in [0.3, 0.4) is 0 Å². The molecule has 31 heavy (non-hydrogen) atoms. The van der Waals surface area contributed by atoms with Gasteiger partial charge in [-0.25, -0.2) is 4.79 Å². The molecular formula is C25H24N2O4. The molecule has 0 aliphatic rings. The molecule has 0 aliphatic carbocycles. The first kappa shape index (κ1) is 21.8. The van der Waals surface area contributed by atoms with Gasteiger partial charge in [0.1, 0.15) is 0 Å². The van der Waals surface area contributed by atoms with Crippen LogP contribution < -0.4 is 10.6 Å². The van der Waals surface area contributed by atoms with Gasteiger partial charge in [-0.1, -0.05) is 54.6 Å². The molecule has 3 N–H and O–H groups in total. The predicted octanol–water partition coefficient (Wildman–Crippen LogP) is 3.56. The fourth-order valence-electron chi connectivity index (χ4n) is 3.02. The number of carbonyl (C=O) groups excluding carboxylic acids is 2. The van der Waals surface area contributed by atoms with E-state index in [1.54, 1.807) is 24.3 Å². The zero-order valence-electron chi connectivity index (χ0n) is 17.0. The number of carboxylic acids is 1. The summed E-state index contributed by atoms with van der Waals surface area (Å²) in [6, 6.07) is 23.3. The highest BCUT2D eigenvalue weighted by Crippen LogP contribution is 2.08. The molecule has 3 rings (SSSR count). The fourth-order valence-corrected chi connectivity index (χ4v) is 3.02. The Balaban J connectivity index is 1.43. The van der Waals surface area contributed by atoms with E-state index in [2.05, 4.69) is 10.6 Å². The van der Waals surface area contributed by atoms with Crippen molar-refractivity contribution in [2.45, 2.75) is 25.9 Å². The Morgan fingerprint density at radius 2 is 1.19 bits per heavy atom. The number of aryl methyl sites for hydroxylation is 1. The van der Waals surface area contributed by atoms with Crippen LogP contribution in [0, 0.1) is 0 Å². The highest BCUT2D eigenvalue weighted by molar-refractivity contribution is 5.94. The second kappa shape index (κ2) is 10.7. The van der Waals surface area contributed by atoms with Gasteiger partial charge in [0.2, 0.25) is 5.91 Å². The average molecular weight is 416 g/mol. The van der Waals surface area contributed by atoms with Crippen molar-refractivity contribution in [1.29, 1.82) is 0 Å². The predicted molar refractivity (Wildman–Crippen MR) is 118 cm³/mol. The van der Waals surface area contributed by atoms with Gasteiger partial charge in [-0.15, -0.1) is 0 Å². The Bertz CT molecular complexity index is 1030.